The predicted molar refractivity (Wildman–Crippen MR) is 84.1 cm³/mol. The molecule has 1 aromatic heterocycles. The molecule has 1 N–H and O–H groups in total. The Morgan fingerprint density at radius 2 is 2.29 bits per heavy atom. The Kier molecular flexibility index (Phi) is 5.13. The molecule has 2 rings (SSSR count). The lowest BCUT2D eigenvalue weighted by Gasteiger charge is -2.07. The Bertz CT molecular complexity index is 685. The minimum atomic E-state index is -0.431. The lowest BCUT2D eigenvalue weighted by Crippen LogP contribution is -2.13. The van der Waals surface area contributed by atoms with Crippen molar-refractivity contribution in [2.75, 3.05) is 11.9 Å². The largest absolute Gasteiger partial charge is 0.494 e. The van der Waals surface area contributed by atoms with Crippen molar-refractivity contribution < 1.29 is 9.53 Å². The molecule has 0 bridgehead atoms. The number of nitrogens with zero attached hydrogens (tertiary/aromatic N) is 1. The minimum absolute atomic E-state index is 0.0688. The summed E-state index contributed by atoms with van der Waals surface area (Å²) in [5, 5.41) is 13.7. The maximum absolute atomic E-state index is 12.1. The summed E-state index contributed by atoms with van der Waals surface area (Å²) in [7, 11) is 0. The molecular formula is C16H14N2O2S. The van der Waals surface area contributed by atoms with Crippen molar-refractivity contribution in [2.45, 2.75) is 6.92 Å². The molecule has 1 heterocycles. The molecule has 0 fully saturated rings. The molecule has 0 aliphatic heterocycles. The molecule has 0 radical (unpaired) electrons. The van der Waals surface area contributed by atoms with Crippen LogP contribution in [-0.2, 0) is 4.79 Å². The Morgan fingerprint density at radius 3 is 2.95 bits per heavy atom. The number of rotatable bonds is 5. The number of ether oxygens (including phenoxy) is 1. The molecule has 1 aromatic carbocycles. The first-order valence-corrected chi connectivity index (χ1v) is 7.30. The number of anilines is 1. The smallest absolute Gasteiger partial charge is 0.266 e. The van der Waals surface area contributed by atoms with Gasteiger partial charge in [-0.1, -0.05) is 12.1 Å². The summed E-state index contributed by atoms with van der Waals surface area (Å²) < 4.78 is 5.37. The van der Waals surface area contributed by atoms with E-state index in [-0.39, 0.29) is 5.57 Å². The van der Waals surface area contributed by atoms with Crippen LogP contribution in [0.4, 0.5) is 5.69 Å². The number of thiophene rings is 1. The zero-order valence-electron chi connectivity index (χ0n) is 11.5. The first-order valence-electron chi connectivity index (χ1n) is 6.42. The van der Waals surface area contributed by atoms with Crippen LogP contribution >= 0.6 is 11.3 Å². The van der Waals surface area contributed by atoms with Gasteiger partial charge >= 0.3 is 0 Å². The number of carbonyl (C=O) groups excluding carboxylic acids is 1. The summed E-state index contributed by atoms with van der Waals surface area (Å²) >= 11 is 1.47. The maximum Gasteiger partial charge on any atom is 0.266 e. The van der Waals surface area contributed by atoms with E-state index < -0.39 is 5.91 Å². The fourth-order valence-electron chi connectivity index (χ4n) is 1.69. The number of hydrogen-bond donors (Lipinski definition) is 1. The molecule has 5 heteroatoms. The van der Waals surface area contributed by atoms with Crippen LogP contribution in [0.5, 0.6) is 5.75 Å². The fraction of sp³-hybridized carbons (Fsp3) is 0.125. The Balaban J connectivity index is 2.13. The van der Waals surface area contributed by atoms with Crippen LogP contribution < -0.4 is 10.1 Å². The molecule has 21 heavy (non-hydrogen) atoms. The van der Waals surface area contributed by atoms with E-state index in [9.17, 15) is 4.79 Å². The number of nitrogens with one attached hydrogen (secondary N) is 1. The van der Waals surface area contributed by atoms with Crippen molar-refractivity contribution in [1.29, 1.82) is 5.26 Å². The Hall–Kier alpha value is -2.58. The molecule has 0 spiro atoms. The molecule has 0 unspecified atom stereocenters. The second-order valence-corrected chi connectivity index (χ2v) is 5.08. The summed E-state index contributed by atoms with van der Waals surface area (Å²) in [5.74, 6) is 0.246. The van der Waals surface area contributed by atoms with E-state index in [4.69, 9.17) is 10.00 Å². The van der Waals surface area contributed by atoms with Gasteiger partial charge in [-0.25, -0.2) is 0 Å². The van der Waals surface area contributed by atoms with Gasteiger partial charge in [-0.3, -0.25) is 4.79 Å². The standard InChI is InChI=1S/C16H14N2O2S/c1-2-20-14-6-3-5-13(10-14)18-16(19)12(11-17)9-15-7-4-8-21-15/h3-10H,2H2,1H3,(H,18,19). The molecular weight excluding hydrogens is 284 g/mol. The quantitative estimate of drug-likeness (QED) is 0.676. The third kappa shape index (κ3) is 4.20. The van der Waals surface area contributed by atoms with Crippen molar-refractivity contribution in [3.8, 4) is 11.8 Å². The first-order chi connectivity index (χ1) is 10.2. The van der Waals surface area contributed by atoms with E-state index in [1.54, 1.807) is 24.3 Å². The molecule has 2 aromatic rings. The first kappa shape index (κ1) is 14.8. The molecule has 0 aliphatic rings. The summed E-state index contributed by atoms with van der Waals surface area (Å²) in [6, 6.07) is 12.7. The monoisotopic (exact) mass is 298 g/mol. The van der Waals surface area contributed by atoms with Crippen LogP contribution in [0.3, 0.4) is 0 Å². The highest BCUT2D eigenvalue weighted by Gasteiger charge is 2.10. The van der Waals surface area contributed by atoms with E-state index in [2.05, 4.69) is 5.32 Å². The van der Waals surface area contributed by atoms with Crippen LogP contribution in [-0.4, -0.2) is 12.5 Å². The highest BCUT2D eigenvalue weighted by molar-refractivity contribution is 7.10. The van der Waals surface area contributed by atoms with Crippen molar-refractivity contribution in [3.05, 3.63) is 52.2 Å². The van der Waals surface area contributed by atoms with Gasteiger partial charge in [-0.05, 0) is 36.6 Å². The Labute approximate surface area is 127 Å². The molecule has 0 aliphatic carbocycles. The van der Waals surface area contributed by atoms with E-state index >= 15 is 0 Å². The van der Waals surface area contributed by atoms with E-state index in [0.717, 1.165) is 4.88 Å². The normalized spacial score (nSPS) is 10.8. The zero-order chi connectivity index (χ0) is 15.1. The Morgan fingerprint density at radius 1 is 1.43 bits per heavy atom. The van der Waals surface area contributed by atoms with Gasteiger partial charge in [-0.15, -0.1) is 11.3 Å². The second-order valence-electron chi connectivity index (χ2n) is 4.10. The maximum atomic E-state index is 12.1. The third-order valence-corrected chi connectivity index (χ3v) is 3.42. The highest BCUT2D eigenvalue weighted by atomic mass is 32.1. The molecule has 1 amide bonds. The number of hydrogen-bond acceptors (Lipinski definition) is 4. The third-order valence-electron chi connectivity index (χ3n) is 2.60. The molecule has 0 saturated heterocycles. The van der Waals surface area contributed by atoms with Crippen LogP contribution in [0.2, 0.25) is 0 Å². The number of nitriles is 1. The van der Waals surface area contributed by atoms with Crippen molar-refractivity contribution in [2.24, 2.45) is 0 Å². The number of amides is 1. The van der Waals surface area contributed by atoms with Gasteiger partial charge in [0.25, 0.3) is 5.91 Å². The predicted octanol–water partition coefficient (Wildman–Crippen LogP) is 3.69. The topological polar surface area (TPSA) is 62.1 Å². The number of benzene rings is 1. The van der Waals surface area contributed by atoms with Gasteiger partial charge in [0.2, 0.25) is 0 Å². The lowest BCUT2D eigenvalue weighted by atomic mass is 10.2. The van der Waals surface area contributed by atoms with E-state index in [0.29, 0.717) is 18.0 Å². The van der Waals surface area contributed by atoms with Crippen LogP contribution in [0.25, 0.3) is 6.08 Å². The van der Waals surface area contributed by atoms with Crippen molar-refractivity contribution in [3.63, 3.8) is 0 Å². The van der Waals surface area contributed by atoms with Crippen LogP contribution in [0.15, 0.2) is 47.4 Å². The summed E-state index contributed by atoms with van der Waals surface area (Å²) in [6.07, 6.45) is 1.58. The average Bonchev–Trinajstić information content (AvgIpc) is 2.98. The summed E-state index contributed by atoms with van der Waals surface area (Å²) in [4.78, 5) is 13.0. The molecule has 106 valence electrons. The SMILES string of the molecule is CCOc1cccc(NC(=O)C(C#N)=Cc2cccs2)c1. The van der Waals surface area contributed by atoms with Crippen molar-refractivity contribution in [1.82, 2.24) is 0 Å². The lowest BCUT2D eigenvalue weighted by molar-refractivity contribution is -0.112. The highest BCUT2D eigenvalue weighted by Crippen LogP contribution is 2.19. The van der Waals surface area contributed by atoms with Crippen LogP contribution in [0, 0.1) is 11.3 Å². The van der Waals surface area contributed by atoms with Gasteiger partial charge in [0.1, 0.15) is 17.4 Å². The molecule has 0 atom stereocenters. The number of carbonyl (C=O) groups is 1. The van der Waals surface area contributed by atoms with Gasteiger partial charge in [0.05, 0.1) is 6.61 Å². The molecule has 0 saturated carbocycles. The molecule has 4 nitrogen and oxygen atoms in total. The van der Waals surface area contributed by atoms with Gasteiger partial charge < -0.3 is 10.1 Å². The van der Waals surface area contributed by atoms with Crippen molar-refractivity contribution >= 4 is 29.0 Å². The van der Waals surface area contributed by atoms with E-state index in [1.807, 2.05) is 36.6 Å². The van der Waals surface area contributed by atoms with Gasteiger partial charge in [0, 0.05) is 16.6 Å². The van der Waals surface area contributed by atoms with Gasteiger partial charge in [0.15, 0.2) is 0 Å². The van der Waals surface area contributed by atoms with Crippen LogP contribution in [0.1, 0.15) is 11.8 Å². The zero-order valence-corrected chi connectivity index (χ0v) is 12.3. The van der Waals surface area contributed by atoms with E-state index in [1.165, 1.54) is 11.3 Å². The fourth-order valence-corrected chi connectivity index (χ4v) is 2.35. The van der Waals surface area contributed by atoms with Gasteiger partial charge in [-0.2, -0.15) is 5.26 Å². The summed E-state index contributed by atoms with van der Waals surface area (Å²) in [5.41, 5.74) is 0.664. The average molecular weight is 298 g/mol. The minimum Gasteiger partial charge on any atom is -0.494 e. The second kappa shape index (κ2) is 7.27. The summed E-state index contributed by atoms with van der Waals surface area (Å²) in [6.45, 7) is 2.45.